The summed E-state index contributed by atoms with van der Waals surface area (Å²) in [4.78, 5) is 59.8. The molecule has 4 aliphatic rings. The maximum Gasteiger partial charge on any atom is 0.338 e. The second-order valence-electron chi connectivity index (χ2n) is 11.8. The van der Waals surface area contributed by atoms with E-state index in [-0.39, 0.29) is 24.5 Å². The van der Waals surface area contributed by atoms with Gasteiger partial charge in [-0.2, -0.15) is 0 Å². The summed E-state index contributed by atoms with van der Waals surface area (Å²) in [5.74, 6) is -6.19. The number of aliphatic carboxylic acids is 2. The highest BCUT2D eigenvalue weighted by Gasteiger charge is 2.68. The number of carboxylic acids is 2. The van der Waals surface area contributed by atoms with E-state index in [1.54, 1.807) is 20.8 Å². The Balaban J connectivity index is 1.72. The fraction of sp³-hybridized carbons (Fsp3) is 0.679. The van der Waals surface area contributed by atoms with Gasteiger partial charge in [0.15, 0.2) is 0 Å². The fourth-order valence-electron chi connectivity index (χ4n) is 7.00. The van der Waals surface area contributed by atoms with Crippen molar-refractivity contribution in [3.05, 3.63) is 23.3 Å². The first-order valence-corrected chi connectivity index (χ1v) is 13.5. The normalized spacial score (nSPS) is 36.3. The summed E-state index contributed by atoms with van der Waals surface area (Å²) in [6.07, 6.45) is -0.295. The van der Waals surface area contributed by atoms with Crippen molar-refractivity contribution in [1.82, 2.24) is 0 Å². The zero-order valence-electron chi connectivity index (χ0n) is 22.8. The van der Waals surface area contributed by atoms with Crippen LogP contribution in [0.3, 0.4) is 0 Å². The summed E-state index contributed by atoms with van der Waals surface area (Å²) < 4.78 is 16.6. The summed E-state index contributed by atoms with van der Waals surface area (Å²) in [6, 6.07) is 0. The highest BCUT2D eigenvalue weighted by atomic mass is 16.6. The molecule has 0 amide bonds. The Morgan fingerprint density at radius 2 is 1.57 bits per heavy atom. The zero-order chi connectivity index (χ0) is 29.6. The van der Waals surface area contributed by atoms with Crippen molar-refractivity contribution in [3.8, 4) is 0 Å². The van der Waals surface area contributed by atoms with Crippen LogP contribution in [-0.2, 0) is 38.2 Å². The molecular weight excluding hydrogens is 528 g/mol. The quantitative estimate of drug-likeness (QED) is 0.179. The number of carbonyl (C=O) groups excluding carboxylic acids is 3. The summed E-state index contributed by atoms with van der Waals surface area (Å²) in [7, 11) is 0. The van der Waals surface area contributed by atoms with Crippen LogP contribution in [0.2, 0.25) is 0 Å². The predicted molar refractivity (Wildman–Crippen MR) is 134 cm³/mol. The topological polar surface area (TPSA) is 194 Å². The Kier molecular flexibility index (Phi) is 7.89. The Morgan fingerprint density at radius 3 is 2.15 bits per heavy atom. The third-order valence-electron chi connectivity index (χ3n) is 9.26. The van der Waals surface area contributed by atoms with E-state index >= 15 is 0 Å². The van der Waals surface area contributed by atoms with Crippen LogP contribution in [0.5, 0.6) is 0 Å². The Morgan fingerprint density at radius 1 is 0.975 bits per heavy atom. The highest BCUT2D eigenvalue weighted by Crippen LogP contribution is 2.63. The largest absolute Gasteiger partial charge is 0.481 e. The number of hydrogen-bond donors (Lipinski definition) is 4. The van der Waals surface area contributed by atoms with Gasteiger partial charge in [0.05, 0.1) is 36.9 Å². The number of hydrogen-bond acceptors (Lipinski definition) is 10. The van der Waals surface area contributed by atoms with Gasteiger partial charge < -0.3 is 34.6 Å². The second-order valence-corrected chi connectivity index (χ2v) is 11.8. The molecule has 0 saturated heterocycles. The molecule has 12 nitrogen and oxygen atoms in total. The van der Waals surface area contributed by atoms with E-state index in [0.29, 0.717) is 18.4 Å². The SMILES string of the molecule is CC(C)[C@]1(O)C=C[C@]2(O)C(CC[C@H]3C4=C(C(=O)OC4)[C@@H](OC(=O)CCC(=O)O)C[C@@]32C)[C@@H]1OC(=O)CCC(=O)O. The second kappa shape index (κ2) is 10.6. The molecule has 0 aromatic rings. The number of aliphatic hydroxyl groups is 2. The van der Waals surface area contributed by atoms with Gasteiger partial charge in [0.25, 0.3) is 0 Å². The van der Waals surface area contributed by atoms with Gasteiger partial charge in [-0.3, -0.25) is 19.2 Å². The van der Waals surface area contributed by atoms with E-state index in [1.165, 1.54) is 12.2 Å². The summed E-state index contributed by atoms with van der Waals surface area (Å²) in [6.45, 7) is 5.24. The van der Waals surface area contributed by atoms with Crippen LogP contribution in [0.4, 0.5) is 0 Å². The van der Waals surface area contributed by atoms with E-state index in [4.69, 9.17) is 24.4 Å². The van der Waals surface area contributed by atoms with E-state index < -0.39 is 96.2 Å². The van der Waals surface area contributed by atoms with Crippen LogP contribution >= 0.6 is 0 Å². The lowest BCUT2D eigenvalue weighted by molar-refractivity contribution is -0.228. The molecule has 40 heavy (non-hydrogen) atoms. The molecule has 0 bridgehead atoms. The van der Waals surface area contributed by atoms with Crippen LogP contribution in [0.1, 0.15) is 65.7 Å². The van der Waals surface area contributed by atoms with E-state index in [9.17, 15) is 34.2 Å². The number of cyclic esters (lactones) is 1. The van der Waals surface area contributed by atoms with Gasteiger partial charge in [-0.15, -0.1) is 0 Å². The third kappa shape index (κ3) is 4.91. The molecule has 7 atom stereocenters. The van der Waals surface area contributed by atoms with E-state index in [0.717, 1.165) is 0 Å². The summed E-state index contributed by atoms with van der Waals surface area (Å²) in [5.41, 5.74) is -3.59. The standard InChI is InChI=1S/C28H36O12/c1-14(2)27(36)10-11-28(37)17(24(27)40-22(34)9-7-20(31)32)5-4-16-15-13-38-25(35)23(15)18(12-26(16,28)3)39-21(33)8-6-19(29)30/h10-11,14,16-18,24,36-37H,4-9,12-13H2,1-3H3,(H,29,30)(H,31,32)/t16-,17?,18-,24-,26-,27+,28-/m0/s1. The lowest BCUT2D eigenvalue weighted by Crippen LogP contribution is -2.69. The van der Waals surface area contributed by atoms with Crippen molar-refractivity contribution in [1.29, 1.82) is 0 Å². The first-order chi connectivity index (χ1) is 18.6. The lowest BCUT2D eigenvalue weighted by Gasteiger charge is -2.62. The zero-order valence-corrected chi connectivity index (χ0v) is 22.8. The summed E-state index contributed by atoms with van der Waals surface area (Å²) >= 11 is 0. The molecule has 1 fully saturated rings. The van der Waals surface area contributed by atoms with Gasteiger partial charge in [0, 0.05) is 11.3 Å². The molecule has 12 heteroatoms. The van der Waals surface area contributed by atoms with Crippen molar-refractivity contribution >= 4 is 29.8 Å². The van der Waals surface area contributed by atoms with Gasteiger partial charge in [0.1, 0.15) is 24.4 Å². The average Bonchev–Trinajstić information content (AvgIpc) is 3.25. The smallest absolute Gasteiger partial charge is 0.338 e. The monoisotopic (exact) mass is 564 g/mol. The molecule has 3 aliphatic carbocycles. The first kappa shape index (κ1) is 29.7. The number of rotatable bonds is 9. The van der Waals surface area contributed by atoms with Gasteiger partial charge >= 0.3 is 29.8 Å². The molecule has 4 N–H and O–H groups in total. The van der Waals surface area contributed by atoms with Crippen LogP contribution < -0.4 is 0 Å². The van der Waals surface area contributed by atoms with Crippen LogP contribution in [0.25, 0.3) is 0 Å². The van der Waals surface area contributed by atoms with Gasteiger partial charge in [-0.05, 0) is 36.7 Å². The van der Waals surface area contributed by atoms with E-state index in [1.807, 2.05) is 0 Å². The number of esters is 3. The van der Waals surface area contributed by atoms with Crippen LogP contribution in [-0.4, -0.2) is 80.3 Å². The molecule has 4 rings (SSSR count). The van der Waals surface area contributed by atoms with Crippen molar-refractivity contribution < 1.29 is 58.6 Å². The molecular formula is C28H36O12. The predicted octanol–water partition coefficient (Wildman–Crippen LogP) is 1.52. The molecule has 220 valence electrons. The molecule has 0 spiro atoms. The van der Waals surface area contributed by atoms with Gasteiger partial charge in [-0.1, -0.05) is 32.9 Å². The number of fused-ring (bicyclic) bond motifs is 4. The minimum Gasteiger partial charge on any atom is -0.481 e. The molecule has 1 aliphatic heterocycles. The average molecular weight is 565 g/mol. The Hall–Kier alpha value is -3.25. The highest BCUT2D eigenvalue weighted by molar-refractivity contribution is 5.94. The molecule has 0 radical (unpaired) electrons. The lowest BCUT2D eigenvalue weighted by atomic mass is 9.46. The summed E-state index contributed by atoms with van der Waals surface area (Å²) in [5, 5.41) is 42.0. The van der Waals surface area contributed by atoms with Gasteiger partial charge in [-0.25, -0.2) is 4.79 Å². The van der Waals surface area contributed by atoms with Crippen molar-refractivity contribution in [3.63, 3.8) is 0 Å². The maximum atomic E-state index is 12.7. The first-order valence-electron chi connectivity index (χ1n) is 13.5. The molecule has 1 heterocycles. The molecule has 0 aromatic carbocycles. The number of ether oxygens (including phenoxy) is 3. The molecule has 1 unspecified atom stereocenters. The van der Waals surface area contributed by atoms with E-state index in [2.05, 4.69) is 0 Å². The third-order valence-corrected chi connectivity index (χ3v) is 9.26. The number of carbonyl (C=O) groups is 5. The van der Waals surface area contributed by atoms with Crippen LogP contribution in [0.15, 0.2) is 23.3 Å². The van der Waals surface area contributed by atoms with Crippen molar-refractivity contribution in [2.75, 3.05) is 6.61 Å². The maximum absolute atomic E-state index is 12.7. The molecule has 0 aromatic heterocycles. The van der Waals surface area contributed by atoms with Crippen molar-refractivity contribution in [2.45, 2.75) is 89.1 Å². The Labute approximate surface area is 231 Å². The molecule has 1 saturated carbocycles. The minimum atomic E-state index is -1.69. The van der Waals surface area contributed by atoms with Crippen molar-refractivity contribution in [2.24, 2.45) is 23.2 Å². The number of carboxylic acid groups (broad SMARTS) is 2. The van der Waals surface area contributed by atoms with Gasteiger partial charge in [0.2, 0.25) is 0 Å². The minimum absolute atomic E-state index is 0.00153. The van der Waals surface area contributed by atoms with Crippen LogP contribution in [0, 0.1) is 23.2 Å². The fourth-order valence-corrected chi connectivity index (χ4v) is 7.00. The Bertz CT molecular complexity index is 1170.